The van der Waals surface area contributed by atoms with Crippen LogP contribution in [0.1, 0.15) is 0 Å². The molecule has 4 heterocycles. The second-order valence-electron chi connectivity index (χ2n) is 6.70. The van der Waals surface area contributed by atoms with Gasteiger partial charge in [0, 0.05) is 48.3 Å². The molecule has 1 fully saturated rings. The van der Waals surface area contributed by atoms with E-state index in [1.165, 1.54) is 5.56 Å². The highest BCUT2D eigenvalue weighted by molar-refractivity contribution is 7.17. The van der Waals surface area contributed by atoms with Crippen LogP contribution in [0.15, 0.2) is 60.4 Å². The fourth-order valence-electron chi connectivity index (χ4n) is 3.63. The van der Waals surface area contributed by atoms with Crippen LogP contribution in [-0.2, 0) is 0 Å². The Labute approximate surface area is 172 Å². The van der Waals surface area contributed by atoms with Crippen LogP contribution in [-0.4, -0.2) is 41.1 Å². The average Bonchev–Trinajstić information content (AvgIpc) is 3.19. The molecule has 28 heavy (non-hydrogen) atoms. The van der Waals surface area contributed by atoms with Gasteiger partial charge in [-0.05, 0) is 29.8 Å². The summed E-state index contributed by atoms with van der Waals surface area (Å²) in [5.74, 6) is 2.05. The first-order valence-corrected chi connectivity index (χ1v) is 10.4. The summed E-state index contributed by atoms with van der Waals surface area (Å²) in [5, 5.41) is 4.03. The number of benzene rings is 1. The number of aromatic nitrogens is 3. The third-order valence-electron chi connectivity index (χ3n) is 5.06. The van der Waals surface area contributed by atoms with Gasteiger partial charge in [-0.1, -0.05) is 29.8 Å². The number of thiophene rings is 1. The molecule has 0 aliphatic carbocycles. The second kappa shape index (κ2) is 7.37. The number of pyridine rings is 1. The van der Waals surface area contributed by atoms with Gasteiger partial charge in [-0.25, -0.2) is 15.0 Å². The zero-order valence-corrected chi connectivity index (χ0v) is 16.7. The summed E-state index contributed by atoms with van der Waals surface area (Å²) in [6, 6.07) is 14.0. The van der Waals surface area contributed by atoms with Gasteiger partial charge in [0.25, 0.3) is 0 Å². The first-order valence-electron chi connectivity index (χ1n) is 9.19. The van der Waals surface area contributed by atoms with Gasteiger partial charge in [0.1, 0.15) is 22.8 Å². The van der Waals surface area contributed by atoms with E-state index in [9.17, 15) is 0 Å². The first-order chi connectivity index (χ1) is 13.8. The fourth-order valence-corrected chi connectivity index (χ4v) is 4.67. The minimum atomic E-state index is 0.741. The Balaban J connectivity index is 1.47. The van der Waals surface area contributed by atoms with Gasteiger partial charge in [-0.15, -0.1) is 11.3 Å². The number of piperazine rings is 1. The number of halogens is 1. The van der Waals surface area contributed by atoms with Crippen LogP contribution in [0.3, 0.4) is 0 Å². The summed E-state index contributed by atoms with van der Waals surface area (Å²) >= 11 is 7.73. The van der Waals surface area contributed by atoms with Crippen molar-refractivity contribution in [3.63, 3.8) is 0 Å². The Morgan fingerprint density at radius 2 is 1.64 bits per heavy atom. The number of nitrogens with zero attached hydrogens (tertiary/aromatic N) is 5. The zero-order valence-electron chi connectivity index (χ0n) is 15.1. The third kappa shape index (κ3) is 3.19. The van der Waals surface area contributed by atoms with Crippen LogP contribution in [0, 0.1) is 0 Å². The second-order valence-corrected chi connectivity index (χ2v) is 7.99. The van der Waals surface area contributed by atoms with Gasteiger partial charge in [0.2, 0.25) is 0 Å². The lowest BCUT2D eigenvalue weighted by Gasteiger charge is -2.36. The van der Waals surface area contributed by atoms with Gasteiger partial charge in [-0.3, -0.25) is 0 Å². The summed E-state index contributed by atoms with van der Waals surface area (Å²) in [4.78, 5) is 19.3. The van der Waals surface area contributed by atoms with Crippen LogP contribution in [0.4, 0.5) is 11.6 Å². The van der Waals surface area contributed by atoms with E-state index in [-0.39, 0.29) is 0 Å². The molecule has 3 aromatic heterocycles. The molecule has 0 radical (unpaired) electrons. The van der Waals surface area contributed by atoms with Crippen molar-refractivity contribution in [2.24, 2.45) is 0 Å². The topological polar surface area (TPSA) is 45.2 Å². The SMILES string of the molecule is Clc1ccc(-c2csc3ncnc(N4CCN(c5ccccn5)CC4)c23)cc1. The first kappa shape index (κ1) is 17.4. The number of anilines is 2. The van der Waals surface area contributed by atoms with E-state index in [2.05, 4.69) is 48.3 Å². The third-order valence-corrected chi connectivity index (χ3v) is 6.20. The maximum atomic E-state index is 6.07. The van der Waals surface area contributed by atoms with Crippen molar-refractivity contribution in [3.05, 3.63) is 65.4 Å². The van der Waals surface area contributed by atoms with E-state index in [1.54, 1.807) is 17.7 Å². The molecule has 4 aromatic rings. The van der Waals surface area contributed by atoms with E-state index in [1.807, 2.05) is 30.5 Å². The van der Waals surface area contributed by atoms with Crippen LogP contribution in [0.2, 0.25) is 5.02 Å². The van der Waals surface area contributed by atoms with Crippen molar-refractivity contribution in [2.75, 3.05) is 36.0 Å². The predicted octanol–water partition coefficient (Wildman–Crippen LogP) is 4.73. The highest BCUT2D eigenvalue weighted by atomic mass is 35.5. The molecule has 5 rings (SSSR count). The molecule has 0 atom stereocenters. The van der Waals surface area contributed by atoms with E-state index in [0.717, 1.165) is 58.6 Å². The lowest BCUT2D eigenvalue weighted by atomic mass is 10.1. The lowest BCUT2D eigenvalue weighted by Crippen LogP contribution is -2.47. The van der Waals surface area contributed by atoms with Gasteiger partial charge in [-0.2, -0.15) is 0 Å². The molecule has 1 aliphatic heterocycles. The smallest absolute Gasteiger partial charge is 0.141 e. The monoisotopic (exact) mass is 407 g/mol. The van der Waals surface area contributed by atoms with Gasteiger partial charge in [0.05, 0.1) is 5.39 Å². The highest BCUT2D eigenvalue weighted by Gasteiger charge is 2.23. The molecule has 1 aliphatic rings. The van der Waals surface area contributed by atoms with Crippen molar-refractivity contribution in [1.82, 2.24) is 15.0 Å². The van der Waals surface area contributed by atoms with Crippen molar-refractivity contribution in [2.45, 2.75) is 0 Å². The standard InChI is InChI=1S/C21H18ClN5S/c22-16-6-4-15(5-7-16)17-13-28-21-19(17)20(24-14-25-21)27-11-9-26(10-12-27)18-3-1-2-8-23-18/h1-8,13-14H,9-12H2. The Morgan fingerprint density at radius 1 is 0.857 bits per heavy atom. The van der Waals surface area contributed by atoms with Gasteiger partial charge in [0.15, 0.2) is 0 Å². The molecule has 0 saturated carbocycles. The van der Waals surface area contributed by atoms with Crippen LogP contribution >= 0.6 is 22.9 Å². The predicted molar refractivity (Wildman–Crippen MR) is 117 cm³/mol. The lowest BCUT2D eigenvalue weighted by molar-refractivity contribution is 0.643. The zero-order chi connectivity index (χ0) is 18.9. The molecule has 140 valence electrons. The Morgan fingerprint density at radius 3 is 2.39 bits per heavy atom. The molecular formula is C21H18ClN5S. The molecule has 0 bridgehead atoms. The molecule has 0 amide bonds. The Kier molecular flexibility index (Phi) is 4.58. The van der Waals surface area contributed by atoms with Crippen molar-refractivity contribution in [1.29, 1.82) is 0 Å². The molecule has 0 N–H and O–H groups in total. The van der Waals surface area contributed by atoms with Crippen LogP contribution < -0.4 is 9.80 Å². The fraction of sp³-hybridized carbons (Fsp3) is 0.190. The minimum Gasteiger partial charge on any atom is -0.353 e. The van der Waals surface area contributed by atoms with E-state index < -0.39 is 0 Å². The van der Waals surface area contributed by atoms with E-state index >= 15 is 0 Å². The van der Waals surface area contributed by atoms with E-state index in [0.29, 0.717) is 0 Å². The summed E-state index contributed by atoms with van der Waals surface area (Å²) in [5.41, 5.74) is 2.30. The summed E-state index contributed by atoms with van der Waals surface area (Å²) < 4.78 is 0. The molecule has 5 nitrogen and oxygen atoms in total. The number of hydrogen-bond donors (Lipinski definition) is 0. The summed E-state index contributed by atoms with van der Waals surface area (Å²) in [6.45, 7) is 3.64. The molecule has 7 heteroatoms. The normalized spacial score (nSPS) is 14.6. The molecule has 1 aromatic carbocycles. The molecule has 0 unspecified atom stereocenters. The molecular weight excluding hydrogens is 390 g/mol. The minimum absolute atomic E-state index is 0.741. The van der Waals surface area contributed by atoms with Crippen molar-refractivity contribution < 1.29 is 0 Å². The van der Waals surface area contributed by atoms with E-state index in [4.69, 9.17) is 11.6 Å². The van der Waals surface area contributed by atoms with Crippen molar-refractivity contribution in [3.8, 4) is 11.1 Å². The maximum absolute atomic E-state index is 6.07. The number of fused-ring (bicyclic) bond motifs is 1. The molecule has 0 spiro atoms. The maximum Gasteiger partial charge on any atom is 0.141 e. The van der Waals surface area contributed by atoms with Crippen LogP contribution in [0.25, 0.3) is 21.3 Å². The van der Waals surface area contributed by atoms with Gasteiger partial charge >= 0.3 is 0 Å². The van der Waals surface area contributed by atoms with Crippen LogP contribution in [0.5, 0.6) is 0 Å². The number of hydrogen-bond acceptors (Lipinski definition) is 6. The summed E-state index contributed by atoms with van der Waals surface area (Å²) in [7, 11) is 0. The Hall–Kier alpha value is -2.70. The molecule has 1 saturated heterocycles. The van der Waals surface area contributed by atoms with Gasteiger partial charge < -0.3 is 9.80 Å². The Bertz CT molecular complexity index is 1090. The quantitative estimate of drug-likeness (QED) is 0.491. The summed E-state index contributed by atoms with van der Waals surface area (Å²) in [6.07, 6.45) is 3.52. The largest absolute Gasteiger partial charge is 0.353 e. The van der Waals surface area contributed by atoms with Crippen molar-refractivity contribution >= 4 is 44.8 Å². The highest BCUT2D eigenvalue weighted by Crippen LogP contribution is 2.38. The average molecular weight is 408 g/mol. The number of rotatable bonds is 3.